The first kappa shape index (κ1) is 15.1. The van der Waals surface area contributed by atoms with E-state index in [2.05, 4.69) is 11.2 Å². The van der Waals surface area contributed by atoms with Crippen LogP contribution >= 0.6 is 0 Å². The van der Waals surface area contributed by atoms with Crippen LogP contribution in [0.2, 0.25) is 0 Å². The Morgan fingerprint density at radius 3 is 2.57 bits per heavy atom. The molecule has 0 unspecified atom stereocenters. The Kier molecular flexibility index (Phi) is 4.29. The fraction of sp³-hybridized carbons (Fsp3) is 0.353. The zero-order valence-electron chi connectivity index (χ0n) is 12.9. The van der Waals surface area contributed by atoms with Crippen molar-refractivity contribution in [1.29, 1.82) is 5.26 Å². The van der Waals surface area contributed by atoms with Gasteiger partial charge in [-0.15, -0.1) is 0 Å². The first-order valence-electron chi connectivity index (χ1n) is 7.81. The van der Waals surface area contributed by atoms with Crippen molar-refractivity contribution >= 4 is 11.7 Å². The summed E-state index contributed by atoms with van der Waals surface area (Å²) in [7, 11) is 0. The molecule has 1 aliphatic rings. The molecule has 6 nitrogen and oxygen atoms in total. The average Bonchev–Trinajstić information content (AvgIpc) is 2.92. The predicted octanol–water partition coefficient (Wildman–Crippen LogP) is 1.88. The number of nitrogens with two attached hydrogens (primary N) is 1. The lowest BCUT2D eigenvalue weighted by molar-refractivity contribution is -0.131. The van der Waals surface area contributed by atoms with Crippen LogP contribution in [0.4, 0.5) is 5.82 Å². The molecule has 0 spiro atoms. The van der Waals surface area contributed by atoms with Crippen molar-refractivity contribution in [1.82, 2.24) is 14.7 Å². The second-order valence-corrected chi connectivity index (χ2v) is 5.68. The van der Waals surface area contributed by atoms with Crippen molar-refractivity contribution in [3.05, 3.63) is 41.6 Å². The van der Waals surface area contributed by atoms with Gasteiger partial charge in [-0.1, -0.05) is 18.2 Å². The van der Waals surface area contributed by atoms with Crippen LogP contribution in [0.1, 0.15) is 30.5 Å². The summed E-state index contributed by atoms with van der Waals surface area (Å²) in [5, 5.41) is 13.8. The lowest BCUT2D eigenvalue weighted by Crippen LogP contribution is -2.36. The van der Waals surface area contributed by atoms with Gasteiger partial charge in [0.25, 0.3) is 0 Å². The Bertz CT molecular complexity index is 738. The second-order valence-electron chi connectivity index (χ2n) is 5.68. The number of hydrogen-bond acceptors (Lipinski definition) is 4. The summed E-state index contributed by atoms with van der Waals surface area (Å²) in [5.41, 5.74) is 7.57. The molecule has 118 valence electrons. The van der Waals surface area contributed by atoms with Crippen LogP contribution in [0.5, 0.6) is 0 Å². The second kappa shape index (κ2) is 6.53. The molecule has 1 aromatic carbocycles. The van der Waals surface area contributed by atoms with Crippen molar-refractivity contribution in [2.45, 2.75) is 25.7 Å². The van der Waals surface area contributed by atoms with Crippen LogP contribution in [0.25, 0.3) is 5.69 Å². The van der Waals surface area contributed by atoms with Crippen molar-refractivity contribution in [2.75, 3.05) is 18.8 Å². The van der Waals surface area contributed by atoms with Gasteiger partial charge in [0.15, 0.2) is 0 Å². The molecule has 1 aromatic heterocycles. The van der Waals surface area contributed by atoms with Gasteiger partial charge in [0.2, 0.25) is 5.91 Å². The minimum absolute atomic E-state index is 0.0129. The van der Waals surface area contributed by atoms with Gasteiger partial charge in [-0.05, 0) is 31.4 Å². The number of para-hydroxylation sites is 1. The highest BCUT2D eigenvalue weighted by atomic mass is 16.2. The smallest absolute Gasteiger partial charge is 0.228 e. The van der Waals surface area contributed by atoms with Gasteiger partial charge in [0.1, 0.15) is 17.5 Å². The number of anilines is 1. The Balaban J connectivity index is 1.87. The van der Waals surface area contributed by atoms with Crippen molar-refractivity contribution < 1.29 is 4.79 Å². The zero-order valence-corrected chi connectivity index (χ0v) is 12.9. The third kappa shape index (κ3) is 3.04. The van der Waals surface area contributed by atoms with Crippen LogP contribution < -0.4 is 5.73 Å². The Labute approximate surface area is 135 Å². The largest absolute Gasteiger partial charge is 0.382 e. The lowest BCUT2D eigenvalue weighted by Gasteiger charge is -2.26. The van der Waals surface area contributed by atoms with Gasteiger partial charge in [-0.3, -0.25) is 4.79 Å². The van der Waals surface area contributed by atoms with Crippen LogP contribution in [-0.4, -0.2) is 33.7 Å². The number of benzene rings is 1. The van der Waals surface area contributed by atoms with Crippen molar-refractivity contribution in [3.63, 3.8) is 0 Å². The van der Waals surface area contributed by atoms with Gasteiger partial charge in [-0.2, -0.15) is 10.4 Å². The fourth-order valence-corrected chi connectivity index (χ4v) is 2.89. The van der Waals surface area contributed by atoms with Gasteiger partial charge in [-0.25, -0.2) is 4.68 Å². The number of nitriles is 1. The van der Waals surface area contributed by atoms with E-state index >= 15 is 0 Å². The third-order valence-electron chi connectivity index (χ3n) is 4.13. The summed E-state index contributed by atoms with van der Waals surface area (Å²) in [6.07, 6.45) is 3.37. The molecule has 0 bridgehead atoms. The monoisotopic (exact) mass is 309 g/mol. The first-order chi connectivity index (χ1) is 11.2. The number of piperidine rings is 1. The summed E-state index contributed by atoms with van der Waals surface area (Å²) in [6.45, 7) is 1.57. The minimum atomic E-state index is 0.0129. The van der Waals surface area contributed by atoms with E-state index in [-0.39, 0.29) is 18.1 Å². The number of hydrogen-bond donors (Lipinski definition) is 1. The molecule has 0 saturated carbocycles. The Hall–Kier alpha value is -2.81. The summed E-state index contributed by atoms with van der Waals surface area (Å²) in [4.78, 5) is 14.3. The molecule has 23 heavy (non-hydrogen) atoms. The van der Waals surface area contributed by atoms with E-state index in [9.17, 15) is 10.1 Å². The molecule has 2 heterocycles. The molecule has 1 fully saturated rings. The normalized spacial score (nSPS) is 14.5. The third-order valence-corrected chi connectivity index (χ3v) is 4.13. The summed E-state index contributed by atoms with van der Waals surface area (Å²) < 4.78 is 1.53. The zero-order chi connectivity index (χ0) is 16.2. The first-order valence-corrected chi connectivity index (χ1v) is 7.81. The van der Waals surface area contributed by atoms with Crippen molar-refractivity contribution in [3.8, 4) is 11.8 Å². The summed E-state index contributed by atoms with van der Waals surface area (Å²) in [6, 6.07) is 11.5. The Morgan fingerprint density at radius 1 is 1.22 bits per heavy atom. The van der Waals surface area contributed by atoms with E-state index in [1.807, 2.05) is 35.2 Å². The van der Waals surface area contributed by atoms with Crippen LogP contribution in [0, 0.1) is 11.3 Å². The average molecular weight is 309 g/mol. The molecule has 0 aliphatic carbocycles. The minimum Gasteiger partial charge on any atom is -0.382 e. The number of nitrogen functional groups attached to an aromatic ring is 1. The number of carbonyl (C=O) groups excluding carboxylic acids is 1. The van der Waals surface area contributed by atoms with E-state index < -0.39 is 0 Å². The molecular weight excluding hydrogens is 290 g/mol. The molecule has 6 heteroatoms. The van der Waals surface area contributed by atoms with Crippen LogP contribution in [-0.2, 0) is 11.2 Å². The SMILES string of the molecule is N#Cc1c(CC(=O)N2CCCCC2)nn(-c2ccccc2)c1N. The van der Waals surface area contributed by atoms with Crippen LogP contribution in [0.15, 0.2) is 30.3 Å². The van der Waals surface area contributed by atoms with E-state index in [1.165, 1.54) is 11.1 Å². The molecule has 2 N–H and O–H groups in total. The molecule has 0 atom stereocenters. The standard InChI is InChI=1S/C17H19N5O/c18-12-14-15(11-16(23)21-9-5-2-6-10-21)20-22(17(14)19)13-7-3-1-4-8-13/h1,3-4,7-8H,2,5-6,9-11,19H2. The van der Waals surface area contributed by atoms with Gasteiger partial charge in [0, 0.05) is 13.1 Å². The van der Waals surface area contributed by atoms with Gasteiger partial charge >= 0.3 is 0 Å². The highest BCUT2D eigenvalue weighted by Gasteiger charge is 2.22. The maximum Gasteiger partial charge on any atom is 0.228 e. The van der Waals surface area contributed by atoms with Crippen LogP contribution in [0.3, 0.4) is 0 Å². The Morgan fingerprint density at radius 2 is 1.91 bits per heavy atom. The summed E-state index contributed by atoms with van der Waals surface area (Å²) in [5.74, 6) is 0.291. The predicted molar refractivity (Wildman–Crippen MR) is 86.8 cm³/mol. The number of likely N-dealkylation sites (tertiary alicyclic amines) is 1. The summed E-state index contributed by atoms with van der Waals surface area (Å²) >= 11 is 0. The molecule has 1 saturated heterocycles. The molecule has 2 aromatic rings. The number of rotatable bonds is 3. The molecule has 1 amide bonds. The van der Waals surface area contributed by atoms with E-state index in [1.54, 1.807) is 0 Å². The highest BCUT2D eigenvalue weighted by Crippen LogP contribution is 2.21. The number of aromatic nitrogens is 2. The quantitative estimate of drug-likeness (QED) is 0.937. The fourth-order valence-electron chi connectivity index (χ4n) is 2.89. The van der Waals surface area contributed by atoms with Gasteiger partial charge < -0.3 is 10.6 Å². The van der Waals surface area contributed by atoms with E-state index in [0.717, 1.165) is 31.6 Å². The van der Waals surface area contributed by atoms with E-state index in [0.29, 0.717) is 11.3 Å². The molecule has 3 rings (SSSR count). The lowest BCUT2D eigenvalue weighted by atomic mass is 10.1. The number of carbonyl (C=O) groups is 1. The van der Waals surface area contributed by atoms with Gasteiger partial charge in [0.05, 0.1) is 17.8 Å². The highest BCUT2D eigenvalue weighted by molar-refractivity contribution is 5.79. The molecular formula is C17H19N5O. The topological polar surface area (TPSA) is 87.9 Å². The van der Waals surface area contributed by atoms with Crippen molar-refractivity contribution in [2.24, 2.45) is 0 Å². The number of nitrogens with zero attached hydrogens (tertiary/aromatic N) is 4. The number of amides is 1. The van der Waals surface area contributed by atoms with E-state index in [4.69, 9.17) is 5.73 Å². The maximum absolute atomic E-state index is 12.4. The maximum atomic E-state index is 12.4. The molecule has 1 aliphatic heterocycles. The molecule has 0 radical (unpaired) electrons.